The highest BCUT2D eigenvalue weighted by molar-refractivity contribution is 7.89. The third kappa shape index (κ3) is 6.38. The summed E-state index contributed by atoms with van der Waals surface area (Å²) in [6.45, 7) is 2.74. The van der Waals surface area contributed by atoms with Crippen LogP contribution in [0.1, 0.15) is 25.3 Å². The van der Waals surface area contributed by atoms with Crippen molar-refractivity contribution >= 4 is 22.0 Å². The van der Waals surface area contributed by atoms with E-state index in [1.807, 2.05) is 6.92 Å². The second-order valence-corrected chi connectivity index (χ2v) is 6.44. The fraction of sp³-hybridized carbons (Fsp3) is 0.400. The molecule has 0 aromatic heterocycles. The largest absolute Gasteiger partial charge is 0.396 e. The molecule has 6 nitrogen and oxygen atoms in total. The number of aliphatic hydroxyl groups excluding tert-OH is 1. The molecule has 0 heterocycles. The van der Waals surface area contributed by atoms with E-state index in [1.54, 1.807) is 18.2 Å². The third-order valence-electron chi connectivity index (χ3n) is 2.79. The zero-order valence-corrected chi connectivity index (χ0v) is 13.4. The van der Waals surface area contributed by atoms with E-state index in [9.17, 15) is 13.2 Å². The lowest BCUT2D eigenvalue weighted by Crippen LogP contribution is -2.24. The zero-order valence-electron chi connectivity index (χ0n) is 12.6. The topological polar surface area (TPSA) is 95.5 Å². The first-order chi connectivity index (χ1) is 10.5. The first-order valence-corrected chi connectivity index (χ1v) is 8.64. The molecule has 3 N–H and O–H groups in total. The molecule has 0 unspecified atom stereocenters. The number of aliphatic hydroxyl groups is 1. The Hall–Kier alpha value is -1.70. The number of carbonyl (C=O) groups is 1. The molecule has 0 radical (unpaired) electrons. The Morgan fingerprint density at radius 2 is 1.91 bits per heavy atom. The summed E-state index contributed by atoms with van der Waals surface area (Å²) in [6, 6.07) is 6.28. The summed E-state index contributed by atoms with van der Waals surface area (Å²) in [5.74, 6) is -0.255. The summed E-state index contributed by atoms with van der Waals surface area (Å²) < 4.78 is 26.3. The van der Waals surface area contributed by atoms with Crippen LogP contribution in [0.5, 0.6) is 0 Å². The highest BCUT2D eigenvalue weighted by Gasteiger charge is 2.11. The standard InChI is InChI=1S/C15H22N2O4S/c1-2-10-17-22(20,21)14-7-4-13(5-8-14)6-9-15(19)16-11-3-12-18/h4-9,17-18H,2-3,10-12H2,1H3,(H,16,19)/b9-6+. The smallest absolute Gasteiger partial charge is 0.244 e. The van der Waals surface area contributed by atoms with Gasteiger partial charge in [-0.2, -0.15) is 0 Å². The minimum Gasteiger partial charge on any atom is -0.396 e. The molecule has 0 spiro atoms. The van der Waals surface area contributed by atoms with Crippen molar-refractivity contribution in [3.05, 3.63) is 35.9 Å². The predicted octanol–water partition coefficient (Wildman–Crippen LogP) is 0.887. The maximum Gasteiger partial charge on any atom is 0.244 e. The van der Waals surface area contributed by atoms with Crippen molar-refractivity contribution in [3.63, 3.8) is 0 Å². The van der Waals surface area contributed by atoms with E-state index >= 15 is 0 Å². The third-order valence-corrected chi connectivity index (χ3v) is 4.27. The molecule has 1 rings (SSSR count). The molecule has 0 aliphatic carbocycles. The quantitative estimate of drug-likeness (QED) is 0.464. The lowest BCUT2D eigenvalue weighted by atomic mass is 10.2. The number of amides is 1. The molecule has 1 amide bonds. The second-order valence-electron chi connectivity index (χ2n) is 4.67. The van der Waals surface area contributed by atoms with Gasteiger partial charge in [-0.05, 0) is 36.6 Å². The molecule has 0 aliphatic rings. The van der Waals surface area contributed by atoms with Crippen molar-refractivity contribution in [2.45, 2.75) is 24.7 Å². The summed E-state index contributed by atoms with van der Waals surface area (Å²) in [7, 11) is -3.46. The molecule has 22 heavy (non-hydrogen) atoms. The second kappa shape index (κ2) is 9.34. The molecule has 1 aromatic rings. The average molecular weight is 326 g/mol. The molecule has 0 atom stereocenters. The van der Waals surface area contributed by atoms with Crippen molar-refractivity contribution in [2.75, 3.05) is 19.7 Å². The molecular formula is C15H22N2O4S. The van der Waals surface area contributed by atoms with Crippen LogP contribution in [0.4, 0.5) is 0 Å². The fourth-order valence-corrected chi connectivity index (χ4v) is 2.73. The number of rotatable bonds is 9. The highest BCUT2D eigenvalue weighted by Crippen LogP contribution is 2.11. The van der Waals surface area contributed by atoms with E-state index in [0.717, 1.165) is 12.0 Å². The van der Waals surface area contributed by atoms with Gasteiger partial charge in [-0.3, -0.25) is 4.79 Å². The lowest BCUT2D eigenvalue weighted by Gasteiger charge is -2.05. The highest BCUT2D eigenvalue weighted by atomic mass is 32.2. The van der Waals surface area contributed by atoms with Crippen molar-refractivity contribution < 1.29 is 18.3 Å². The van der Waals surface area contributed by atoms with Crippen LogP contribution in [0.25, 0.3) is 6.08 Å². The maximum absolute atomic E-state index is 11.9. The van der Waals surface area contributed by atoms with Gasteiger partial charge in [0.15, 0.2) is 0 Å². The Morgan fingerprint density at radius 1 is 1.23 bits per heavy atom. The van der Waals surface area contributed by atoms with Crippen LogP contribution in [0.15, 0.2) is 35.2 Å². The molecule has 7 heteroatoms. The van der Waals surface area contributed by atoms with Gasteiger partial charge in [0.1, 0.15) is 0 Å². The summed E-state index contributed by atoms with van der Waals surface area (Å²) in [5.41, 5.74) is 0.728. The molecule has 0 bridgehead atoms. The number of nitrogens with one attached hydrogen (secondary N) is 2. The van der Waals surface area contributed by atoms with Crippen molar-refractivity contribution in [3.8, 4) is 0 Å². The van der Waals surface area contributed by atoms with Gasteiger partial charge in [-0.15, -0.1) is 0 Å². The number of sulfonamides is 1. The summed E-state index contributed by atoms with van der Waals surface area (Å²) in [4.78, 5) is 11.6. The number of hydrogen-bond acceptors (Lipinski definition) is 4. The van der Waals surface area contributed by atoms with Gasteiger partial charge >= 0.3 is 0 Å². The van der Waals surface area contributed by atoms with Gasteiger partial charge < -0.3 is 10.4 Å². The molecule has 0 aliphatic heterocycles. The van der Waals surface area contributed by atoms with Crippen LogP contribution in [0, 0.1) is 0 Å². The molecular weight excluding hydrogens is 304 g/mol. The van der Waals surface area contributed by atoms with Gasteiger partial charge in [0.05, 0.1) is 4.90 Å². The first kappa shape index (κ1) is 18.3. The van der Waals surface area contributed by atoms with Crippen molar-refractivity contribution in [1.82, 2.24) is 10.0 Å². The fourth-order valence-electron chi connectivity index (χ4n) is 1.60. The van der Waals surface area contributed by atoms with Gasteiger partial charge in [-0.1, -0.05) is 19.1 Å². The van der Waals surface area contributed by atoms with E-state index in [2.05, 4.69) is 10.0 Å². The zero-order chi connectivity index (χ0) is 16.4. The lowest BCUT2D eigenvalue weighted by molar-refractivity contribution is -0.116. The average Bonchev–Trinajstić information content (AvgIpc) is 2.52. The number of carbonyl (C=O) groups excluding carboxylic acids is 1. The Balaban J connectivity index is 2.63. The Bertz CT molecular complexity index is 594. The molecule has 0 saturated heterocycles. The summed E-state index contributed by atoms with van der Waals surface area (Å²) >= 11 is 0. The van der Waals surface area contributed by atoms with Gasteiger partial charge in [0.2, 0.25) is 15.9 Å². The van der Waals surface area contributed by atoms with E-state index in [-0.39, 0.29) is 17.4 Å². The number of benzene rings is 1. The number of hydrogen-bond donors (Lipinski definition) is 3. The van der Waals surface area contributed by atoms with Crippen LogP contribution < -0.4 is 10.0 Å². The van der Waals surface area contributed by atoms with Crippen LogP contribution in [0.3, 0.4) is 0 Å². The van der Waals surface area contributed by atoms with Crippen LogP contribution in [-0.2, 0) is 14.8 Å². The summed E-state index contributed by atoms with van der Waals surface area (Å²) in [5, 5.41) is 11.2. The SMILES string of the molecule is CCCNS(=O)(=O)c1ccc(/C=C/C(=O)NCCCO)cc1. The van der Waals surface area contributed by atoms with Crippen molar-refractivity contribution in [2.24, 2.45) is 0 Å². The van der Waals surface area contributed by atoms with Crippen LogP contribution in [-0.4, -0.2) is 39.1 Å². The van der Waals surface area contributed by atoms with E-state index in [0.29, 0.717) is 19.5 Å². The maximum atomic E-state index is 11.9. The minimum absolute atomic E-state index is 0.0337. The molecule has 0 saturated carbocycles. The Morgan fingerprint density at radius 3 is 2.50 bits per heavy atom. The Labute approximate surface area is 131 Å². The van der Waals surface area contributed by atoms with E-state index < -0.39 is 10.0 Å². The normalized spacial score (nSPS) is 11.7. The molecule has 1 aromatic carbocycles. The summed E-state index contributed by atoms with van der Waals surface area (Å²) in [6.07, 6.45) is 4.21. The first-order valence-electron chi connectivity index (χ1n) is 7.16. The van der Waals surface area contributed by atoms with Crippen LogP contribution in [0.2, 0.25) is 0 Å². The predicted molar refractivity (Wildman–Crippen MR) is 85.7 cm³/mol. The van der Waals surface area contributed by atoms with Crippen LogP contribution >= 0.6 is 0 Å². The Kier molecular flexibility index (Phi) is 7.79. The van der Waals surface area contributed by atoms with Crippen molar-refractivity contribution in [1.29, 1.82) is 0 Å². The van der Waals surface area contributed by atoms with E-state index in [4.69, 9.17) is 5.11 Å². The van der Waals surface area contributed by atoms with Gasteiger partial charge in [-0.25, -0.2) is 13.1 Å². The van der Waals surface area contributed by atoms with Gasteiger partial charge in [0.25, 0.3) is 0 Å². The molecule has 0 fully saturated rings. The monoisotopic (exact) mass is 326 g/mol. The van der Waals surface area contributed by atoms with E-state index in [1.165, 1.54) is 18.2 Å². The molecule has 122 valence electrons. The minimum atomic E-state index is -3.46. The van der Waals surface area contributed by atoms with Gasteiger partial charge in [0, 0.05) is 25.8 Å².